The lowest BCUT2D eigenvalue weighted by Gasteiger charge is -2.36. The van der Waals surface area contributed by atoms with E-state index < -0.39 is 10.0 Å². The molecule has 2 fully saturated rings. The minimum Gasteiger partial charge on any atom is -0.339 e. The Morgan fingerprint density at radius 3 is 2.38 bits per heavy atom. The molecule has 0 unspecified atom stereocenters. The van der Waals surface area contributed by atoms with Crippen molar-refractivity contribution in [1.29, 1.82) is 0 Å². The summed E-state index contributed by atoms with van der Waals surface area (Å²) in [5, 5.41) is 0.722. The molecule has 1 aliphatic heterocycles. The van der Waals surface area contributed by atoms with Gasteiger partial charge in [-0.05, 0) is 31.4 Å². The minimum atomic E-state index is -3.19. The van der Waals surface area contributed by atoms with Gasteiger partial charge in [-0.3, -0.25) is 9.69 Å². The fourth-order valence-corrected chi connectivity index (χ4v) is 4.63. The van der Waals surface area contributed by atoms with Gasteiger partial charge in [0.1, 0.15) is 0 Å². The lowest BCUT2D eigenvalue weighted by molar-refractivity contribution is -0.134. The molecule has 1 aliphatic carbocycles. The van der Waals surface area contributed by atoms with Crippen molar-refractivity contribution in [2.24, 2.45) is 0 Å². The SMILES string of the molecule is C[C@H](c1ccccc1Cl)N(CC(=O)N1CCN(S(C)(=O)=O)CC1)C1CC1. The molecule has 2 aliphatic rings. The number of carbonyl (C=O) groups excluding carboxylic acids is 1. The molecule has 0 bridgehead atoms. The predicted octanol–water partition coefficient (Wildman–Crippen LogP) is 1.97. The van der Waals surface area contributed by atoms with E-state index in [4.69, 9.17) is 11.6 Å². The van der Waals surface area contributed by atoms with E-state index in [1.54, 1.807) is 4.90 Å². The van der Waals surface area contributed by atoms with Crippen LogP contribution in [0.3, 0.4) is 0 Å². The van der Waals surface area contributed by atoms with Gasteiger partial charge in [-0.2, -0.15) is 4.31 Å². The average molecular weight is 400 g/mol. The van der Waals surface area contributed by atoms with Gasteiger partial charge < -0.3 is 4.90 Å². The Labute approximate surface area is 160 Å². The predicted molar refractivity (Wildman–Crippen MR) is 103 cm³/mol. The summed E-state index contributed by atoms with van der Waals surface area (Å²) in [7, 11) is -3.19. The van der Waals surface area contributed by atoms with Crippen molar-refractivity contribution in [3.05, 3.63) is 34.9 Å². The highest BCUT2D eigenvalue weighted by Gasteiger charge is 2.36. The third-order valence-corrected chi connectivity index (χ3v) is 6.89. The van der Waals surface area contributed by atoms with Gasteiger partial charge in [0.15, 0.2) is 0 Å². The standard InChI is InChI=1S/C18H26ClN3O3S/c1-14(16-5-3-4-6-17(16)19)22(15-7-8-15)13-18(23)20-9-11-21(12-10-20)26(2,24)25/h3-6,14-15H,7-13H2,1-2H3/t14-/m1/s1. The van der Waals surface area contributed by atoms with Gasteiger partial charge in [-0.25, -0.2) is 8.42 Å². The molecule has 0 aromatic heterocycles. The molecule has 3 rings (SSSR count). The van der Waals surface area contributed by atoms with E-state index in [0.29, 0.717) is 38.8 Å². The van der Waals surface area contributed by atoms with E-state index >= 15 is 0 Å². The zero-order chi connectivity index (χ0) is 18.9. The maximum absolute atomic E-state index is 12.8. The number of carbonyl (C=O) groups is 1. The third-order valence-electron chi connectivity index (χ3n) is 5.25. The Morgan fingerprint density at radius 1 is 1.23 bits per heavy atom. The molecule has 1 saturated heterocycles. The van der Waals surface area contributed by atoms with Crippen LogP contribution in [0.1, 0.15) is 31.4 Å². The van der Waals surface area contributed by atoms with Gasteiger partial charge in [0.05, 0.1) is 12.8 Å². The highest BCUT2D eigenvalue weighted by atomic mass is 35.5. The highest BCUT2D eigenvalue weighted by molar-refractivity contribution is 7.88. The van der Waals surface area contributed by atoms with Gasteiger partial charge >= 0.3 is 0 Å². The van der Waals surface area contributed by atoms with Crippen molar-refractivity contribution >= 4 is 27.5 Å². The Kier molecular flexibility index (Phi) is 5.91. The first-order valence-corrected chi connectivity index (χ1v) is 11.2. The van der Waals surface area contributed by atoms with Gasteiger partial charge in [0, 0.05) is 43.3 Å². The van der Waals surface area contributed by atoms with Crippen LogP contribution < -0.4 is 0 Å². The summed E-state index contributed by atoms with van der Waals surface area (Å²) in [4.78, 5) is 16.8. The third kappa shape index (κ3) is 4.57. The second-order valence-electron chi connectivity index (χ2n) is 7.14. The molecular formula is C18H26ClN3O3S. The summed E-state index contributed by atoms with van der Waals surface area (Å²) in [5.74, 6) is 0.0592. The van der Waals surface area contributed by atoms with Gasteiger partial charge in [-0.15, -0.1) is 0 Å². The molecule has 1 saturated carbocycles. The summed E-state index contributed by atoms with van der Waals surface area (Å²) in [5.41, 5.74) is 1.04. The van der Waals surface area contributed by atoms with E-state index in [9.17, 15) is 13.2 Å². The van der Waals surface area contributed by atoms with Crippen LogP contribution in [0.15, 0.2) is 24.3 Å². The molecule has 1 aromatic carbocycles. The summed E-state index contributed by atoms with van der Waals surface area (Å²) >= 11 is 6.35. The molecule has 1 aromatic rings. The number of halogens is 1. The molecule has 0 N–H and O–H groups in total. The van der Waals surface area contributed by atoms with E-state index in [-0.39, 0.29) is 11.9 Å². The zero-order valence-electron chi connectivity index (χ0n) is 15.3. The maximum Gasteiger partial charge on any atom is 0.236 e. The molecule has 144 valence electrons. The average Bonchev–Trinajstić information content (AvgIpc) is 3.43. The summed E-state index contributed by atoms with van der Waals surface area (Å²) in [6.45, 7) is 4.07. The van der Waals surface area contributed by atoms with Crippen molar-refractivity contribution in [3.8, 4) is 0 Å². The summed E-state index contributed by atoms with van der Waals surface area (Å²) < 4.78 is 24.7. The van der Waals surface area contributed by atoms with Crippen molar-refractivity contribution in [2.45, 2.75) is 31.8 Å². The monoisotopic (exact) mass is 399 g/mol. The number of amides is 1. The van der Waals surface area contributed by atoms with Crippen molar-refractivity contribution in [1.82, 2.24) is 14.1 Å². The lowest BCUT2D eigenvalue weighted by atomic mass is 10.1. The first-order chi connectivity index (χ1) is 12.3. The molecule has 1 heterocycles. The first kappa shape index (κ1) is 19.6. The highest BCUT2D eigenvalue weighted by Crippen LogP contribution is 2.36. The number of piperazine rings is 1. The Morgan fingerprint density at radius 2 is 1.85 bits per heavy atom. The quantitative estimate of drug-likeness (QED) is 0.733. The smallest absolute Gasteiger partial charge is 0.236 e. The number of nitrogens with zero attached hydrogens (tertiary/aromatic N) is 3. The fourth-order valence-electron chi connectivity index (χ4n) is 3.51. The maximum atomic E-state index is 12.8. The molecule has 0 spiro atoms. The number of rotatable bonds is 6. The van der Waals surface area contributed by atoms with Gasteiger partial charge in [0.25, 0.3) is 0 Å². The molecule has 26 heavy (non-hydrogen) atoms. The molecular weight excluding hydrogens is 374 g/mol. The Hall–Kier alpha value is -1.15. The number of hydrogen-bond acceptors (Lipinski definition) is 4. The Bertz CT molecular complexity index is 759. The van der Waals surface area contributed by atoms with E-state index in [0.717, 1.165) is 23.4 Å². The molecule has 6 nitrogen and oxygen atoms in total. The second-order valence-corrected chi connectivity index (χ2v) is 9.53. The van der Waals surface area contributed by atoms with Crippen LogP contribution in [0.4, 0.5) is 0 Å². The number of hydrogen-bond donors (Lipinski definition) is 0. The van der Waals surface area contributed by atoms with E-state index in [1.807, 2.05) is 24.3 Å². The van der Waals surface area contributed by atoms with Crippen molar-refractivity contribution < 1.29 is 13.2 Å². The normalized spacial score (nSPS) is 20.4. The Balaban J connectivity index is 1.64. The van der Waals surface area contributed by atoms with Crippen LogP contribution in [0.2, 0.25) is 5.02 Å². The van der Waals surface area contributed by atoms with Crippen LogP contribution in [0, 0.1) is 0 Å². The first-order valence-electron chi connectivity index (χ1n) is 9.00. The van der Waals surface area contributed by atoms with Gasteiger partial charge in [0.2, 0.25) is 15.9 Å². The van der Waals surface area contributed by atoms with Crippen molar-refractivity contribution in [3.63, 3.8) is 0 Å². The van der Waals surface area contributed by atoms with Crippen LogP contribution in [-0.2, 0) is 14.8 Å². The number of sulfonamides is 1. The van der Waals surface area contributed by atoms with Crippen LogP contribution in [0.25, 0.3) is 0 Å². The van der Waals surface area contributed by atoms with E-state index in [1.165, 1.54) is 10.6 Å². The van der Waals surface area contributed by atoms with Crippen LogP contribution in [0.5, 0.6) is 0 Å². The second kappa shape index (κ2) is 7.84. The minimum absolute atomic E-state index is 0.0592. The zero-order valence-corrected chi connectivity index (χ0v) is 16.8. The molecule has 0 radical (unpaired) electrons. The topological polar surface area (TPSA) is 60.9 Å². The van der Waals surface area contributed by atoms with Crippen LogP contribution in [-0.4, -0.2) is 73.5 Å². The lowest BCUT2D eigenvalue weighted by Crippen LogP contribution is -2.52. The molecule has 1 amide bonds. The van der Waals surface area contributed by atoms with Crippen molar-refractivity contribution in [2.75, 3.05) is 39.0 Å². The largest absolute Gasteiger partial charge is 0.339 e. The molecule has 1 atom stereocenters. The fraction of sp³-hybridized carbons (Fsp3) is 0.611. The van der Waals surface area contributed by atoms with E-state index in [2.05, 4.69) is 11.8 Å². The molecule has 8 heteroatoms. The van der Waals surface area contributed by atoms with Crippen LogP contribution >= 0.6 is 11.6 Å². The summed E-state index contributed by atoms with van der Waals surface area (Å²) in [6.07, 6.45) is 3.42. The number of benzene rings is 1. The van der Waals surface area contributed by atoms with Gasteiger partial charge in [-0.1, -0.05) is 29.8 Å². The summed E-state index contributed by atoms with van der Waals surface area (Å²) in [6, 6.07) is 8.25.